The van der Waals surface area contributed by atoms with Crippen LogP contribution in [0.15, 0.2) is 18.3 Å². The summed E-state index contributed by atoms with van der Waals surface area (Å²) >= 11 is 0. The predicted octanol–water partition coefficient (Wildman–Crippen LogP) is -1.10. The molecule has 2 amide bonds. The van der Waals surface area contributed by atoms with Gasteiger partial charge < -0.3 is 21.5 Å². The molecule has 1 aromatic heterocycles. The second-order valence-corrected chi connectivity index (χ2v) is 3.25. The largest absolute Gasteiger partial charge is 0.399 e. The van der Waals surface area contributed by atoms with Crippen molar-refractivity contribution in [2.24, 2.45) is 5.73 Å². The molecule has 1 heterocycles. The lowest BCUT2D eigenvalue weighted by Gasteiger charge is -2.05. The Morgan fingerprint density at radius 1 is 1.47 bits per heavy atom. The number of amides is 2. The molecule has 0 radical (unpaired) electrons. The average molecular weight is 238 g/mol. The fourth-order valence-electron chi connectivity index (χ4n) is 1.07. The van der Waals surface area contributed by atoms with Crippen LogP contribution in [-0.4, -0.2) is 36.6 Å². The second kappa shape index (κ2) is 6.44. The van der Waals surface area contributed by atoms with Gasteiger partial charge in [-0.1, -0.05) is 0 Å². The van der Waals surface area contributed by atoms with Crippen molar-refractivity contribution in [3.63, 3.8) is 0 Å². The molecule has 0 aromatic carbocycles. The van der Waals surface area contributed by atoms with Crippen molar-refractivity contribution in [3.8, 4) is 0 Å². The standard InChI is InChI=1S/C10H14N4O3/c11-7-1-2-13-8(5-7)10(16)14-3-4-17-6-9(12)15/h1-2,5H,3-4,6H2,(H2,11,13)(H2,12,15)(H,14,16). The summed E-state index contributed by atoms with van der Waals surface area (Å²) in [5, 5.41) is 2.57. The molecule has 92 valence electrons. The van der Waals surface area contributed by atoms with E-state index in [1.165, 1.54) is 12.3 Å². The second-order valence-electron chi connectivity index (χ2n) is 3.25. The monoisotopic (exact) mass is 238 g/mol. The van der Waals surface area contributed by atoms with Crippen molar-refractivity contribution < 1.29 is 14.3 Å². The van der Waals surface area contributed by atoms with Crippen LogP contribution in [0.1, 0.15) is 10.5 Å². The van der Waals surface area contributed by atoms with E-state index in [1.54, 1.807) is 6.07 Å². The van der Waals surface area contributed by atoms with E-state index in [1.807, 2.05) is 0 Å². The summed E-state index contributed by atoms with van der Waals surface area (Å²) in [5.74, 6) is -0.895. The molecule has 7 heteroatoms. The van der Waals surface area contributed by atoms with Gasteiger partial charge in [-0.25, -0.2) is 0 Å². The van der Waals surface area contributed by atoms with E-state index in [-0.39, 0.29) is 31.4 Å². The summed E-state index contributed by atoms with van der Waals surface area (Å²) in [6, 6.07) is 3.06. The van der Waals surface area contributed by atoms with E-state index in [0.29, 0.717) is 5.69 Å². The Labute approximate surface area is 98.1 Å². The normalized spacial score (nSPS) is 9.88. The third-order valence-corrected chi connectivity index (χ3v) is 1.79. The van der Waals surface area contributed by atoms with Crippen molar-refractivity contribution in [3.05, 3.63) is 24.0 Å². The number of hydrogen-bond acceptors (Lipinski definition) is 5. The molecule has 5 N–H and O–H groups in total. The lowest BCUT2D eigenvalue weighted by molar-refractivity contribution is -0.122. The Kier molecular flexibility index (Phi) is 4.89. The fourth-order valence-corrected chi connectivity index (χ4v) is 1.07. The Morgan fingerprint density at radius 2 is 2.24 bits per heavy atom. The molecule has 0 aliphatic rings. The number of carbonyl (C=O) groups excluding carboxylic acids is 2. The number of ether oxygens (including phenoxy) is 1. The number of nitrogens with one attached hydrogen (secondary N) is 1. The minimum Gasteiger partial charge on any atom is -0.399 e. The van der Waals surface area contributed by atoms with Crippen molar-refractivity contribution in [1.29, 1.82) is 0 Å². The Bertz CT molecular complexity index is 408. The summed E-state index contributed by atoms with van der Waals surface area (Å²) in [4.78, 5) is 25.7. The maximum Gasteiger partial charge on any atom is 0.270 e. The molecule has 0 saturated carbocycles. The zero-order valence-electron chi connectivity index (χ0n) is 9.18. The maximum absolute atomic E-state index is 11.5. The number of pyridine rings is 1. The number of primary amides is 1. The van der Waals surface area contributed by atoms with Crippen LogP contribution in [0, 0.1) is 0 Å². The highest BCUT2D eigenvalue weighted by molar-refractivity contribution is 5.92. The Hall–Kier alpha value is -2.15. The third kappa shape index (κ3) is 4.94. The molecular weight excluding hydrogens is 224 g/mol. The minimum absolute atomic E-state index is 0.160. The molecule has 0 atom stereocenters. The molecule has 17 heavy (non-hydrogen) atoms. The van der Waals surface area contributed by atoms with Crippen LogP contribution in [-0.2, 0) is 9.53 Å². The summed E-state index contributed by atoms with van der Waals surface area (Å²) in [6.45, 7) is 0.312. The van der Waals surface area contributed by atoms with E-state index in [2.05, 4.69) is 10.3 Å². The van der Waals surface area contributed by atoms with E-state index in [0.717, 1.165) is 0 Å². The Morgan fingerprint density at radius 3 is 2.88 bits per heavy atom. The number of anilines is 1. The van der Waals surface area contributed by atoms with Gasteiger partial charge in [0.15, 0.2) is 0 Å². The van der Waals surface area contributed by atoms with Gasteiger partial charge in [0.25, 0.3) is 5.91 Å². The van der Waals surface area contributed by atoms with Gasteiger partial charge in [0.2, 0.25) is 5.91 Å². The van der Waals surface area contributed by atoms with E-state index in [4.69, 9.17) is 16.2 Å². The SMILES string of the molecule is NC(=O)COCCNC(=O)c1cc(N)ccn1. The summed E-state index contributed by atoms with van der Waals surface area (Å²) in [6.07, 6.45) is 1.45. The molecule has 0 saturated heterocycles. The number of hydrogen-bond donors (Lipinski definition) is 3. The Balaban J connectivity index is 2.28. The van der Waals surface area contributed by atoms with Crippen molar-refractivity contribution >= 4 is 17.5 Å². The van der Waals surface area contributed by atoms with E-state index < -0.39 is 5.91 Å². The van der Waals surface area contributed by atoms with Crippen LogP contribution >= 0.6 is 0 Å². The van der Waals surface area contributed by atoms with Gasteiger partial charge >= 0.3 is 0 Å². The van der Waals surface area contributed by atoms with Gasteiger partial charge in [-0.3, -0.25) is 14.6 Å². The quantitative estimate of drug-likeness (QED) is 0.543. The maximum atomic E-state index is 11.5. The topological polar surface area (TPSA) is 120 Å². The first kappa shape index (κ1) is 12.9. The molecule has 1 rings (SSSR count). The highest BCUT2D eigenvalue weighted by Gasteiger charge is 2.06. The number of nitrogen functional groups attached to an aromatic ring is 1. The van der Waals surface area contributed by atoms with Crippen LogP contribution in [0.5, 0.6) is 0 Å². The molecule has 0 aliphatic carbocycles. The molecule has 0 bridgehead atoms. The van der Waals surface area contributed by atoms with Gasteiger partial charge in [-0.2, -0.15) is 0 Å². The lowest BCUT2D eigenvalue weighted by atomic mass is 10.3. The zero-order valence-corrected chi connectivity index (χ0v) is 9.18. The van der Waals surface area contributed by atoms with E-state index in [9.17, 15) is 9.59 Å². The van der Waals surface area contributed by atoms with Gasteiger partial charge in [0.05, 0.1) is 6.61 Å². The number of nitrogens with two attached hydrogens (primary N) is 2. The van der Waals surface area contributed by atoms with Crippen molar-refractivity contribution in [1.82, 2.24) is 10.3 Å². The summed E-state index contributed by atoms with van der Waals surface area (Å²) in [5.41, 5.74) is 11.1. The lowest BCUT2D eigenvalue weighted by Crippen LogP contribution is -2.29. The first-order chi connectivity index (χ1) is 8.09. The summed E-state index contributed by atoms with van der Waals surface area (Å²) < 4.78 is 4.87. The number of rotatable bonds is 6. The molecule has 0 spiro atoms. The van der Waals surface area contributed by atoms with Gasteiger partial charge in [0, 0.05) is 18.4 Å². The number of nitrogens with zero attached hydrogens (tertiary/aromatic N) is 1. The fraction of sp³-hybridized carbons (Fsp3) is 0.300. The van der Waals surface area contributed by atoms with Gasteiger partial charge in [-0.15, -0.1) is 0 Å². The zero-order chi connectivity index (χ0) is 12.7. The molecule has 1 aromatic rings. The number of aromatic nitrogens is 1. The van der Waals surface area contributed by atoms with Crippen LogP contribution in [0.3, 0.4) is 0 Å². The number of carbonyl (C=O) groups is 2. The molecule has 0 fully saturated rings. The molecule has 0 aliphatic heterocycles. The van der Waals surface area contributed by atoms with Crippen LogP contribution in [0.25, 0.3) is 0 Å². The molecule has 0 unspecified atom stereocenters. The van der Waals surface area contributed by atoms with Crippen LogP contribution < -0.4 is 16.8 Å². The van der Waals surface area contributed by atoms with Gasteiger partial charge in [-0.05, 0) is 12.1 Å². The molecular formula is C10H14N4O3. The predicted molar refractivity (Wildman–Crippen MR) is 61.0 cm³/mol. The van der Waals surface area contributed by atoms with Crippen molar-refractivity contribution in [2.75, 3.05) is 25.5 Å². The first-order valence-corrected chi connectivity index (χ1v) is 4.95. The van der Waals surface area contributed by atoms with E-state index >= 15 is 0 Å². The molecule has 7 nitrogen and oxygen atoms in total. The summed E-state index contributed by atoms with van der Waals surface area (Å²) in [7, 11) is 0. The highest BCUT2D eigenvalue weighted by Crippen LogP contribution is 2.02. The first-order valence-electron chi connectivity index (χ1n) is 4.95. The highest BCUT2D eigenvalue weighted by atomic mass is 16.5. The van der Waals surface area contributed by atoms with Crippen molar-refractivity contribution in [2.45, 2.75) is 0 Å². The average Bonchev–Trinajstić information content (AvgIpc) is 2.28. The smallest absolute Gasteiger partial charge is 0.270 e. The minimum atomic E-state index is -0.547. The van der Waals surface area contributed by atoms with Crippen LogP contribution in [0.2, 0.25) is 0 Å². The van der Waals surface area contributed by atoms with Gasteiger partial charge in [0.1, 0.15) is 12.3 Å². The van der Waals surface area contributed by atoms with Crippen LogP contribution in [0.4, 0.5) is 5.69 Å². The third-order valence-electron chi connectivity index (χ3n) is 1.79.